The standard InChI is InChI=1S/C12H18Cl3NO3/c1-5-6(2)9(8(4)17)18-10(7(5)3)19-11(16)12(13,14)15/h5-7,9-10,16H,1-4H3/t5-,6-,7?,9?,10+/m0/s1. The predicted octanol–water partition coefficient (Wildman–Crippen LogP) is 3.57. The van der Waals surface area contributed by atoms with Crippen molar-refractivity contribution in [2.75, 3.05) is 0 Å². The molecule has 1 N–H and O–H groups in total. The van der Waals surface area contributed by atoms with Crippen LogP contribution < -0.4 is 0 Å². The van der Waals surface area contributed by atoms with Gasteiger partial charge in [0.1, 0.15) is 6.10 Å². The third kappa shape index (κ3) is 3.97. The van der Waals surface area contributed by atoms with Crippen LogP contribution in [0.3, 0.4) is 0 Å². The van der Waals surface area contributed by atoms with Gasteiger partial charge in [0, 0.05) is 5.92 Å². The highest BCUT2D eigenvalue weighted by molar-refractivity contribution is 6.76. The van der Waals surface area contributed by atoms with Gasteiger partial charge >= 0.3 is 0 Å². The fraction of sp³-hybridized carbons (Fsp3) is 0.833. The van der Waals surface area contributed by atoms with Gasteiger partial charge in [-0.05, 0) is 18.8 Å². The van der Waals surface area contributed by atoms with Crippen LogP contribution in [-0.2, 0) is 14.3 Å². The number of halogens is 3. The molecule has 1 rings (SSSR count). The number of ketones is 1. The largest absolute Gasteiger partial charge is 0.448 e. The van der Waals surface area contributed by atoms with Gasteiger partial charge < -0.3 is 9.47 Å². The Morgan fingerprint density at radius 2 is 1.68 bits per heavy atom. The molecule has 0 saturated carbocycles. The van der Waals surface area contributed by atoms with E-state index < -0.39 is 22.1 Å². The zero-order chi connectivity index (χ0) is 15.0. The van der Waals surface area contributed by atoms with Crippen LogP contribution in [0.5, 0.6) is 0 Å². The van der Waals surface area contributed by atoms with E-state index in [1.165, 1.54) is 6.92 Å². The number of rotatable bonds is 2. The lowest BCUT2D eigenvalue weighted by Crippen LogP contribution is -2.49. The molecule has 4 nitrogen and oxygen atoms in total. The van der Waals surface area contributed by atoms with E-state index in [2.05, 4.69) is 0 Å². The van der Waals surface area contributed by atoms with Crippen molar-refractivity contribution >= 4 is 46.5 Å². The zero-order valence-corrected chi connectivity index (χ0v) is 13.5. The van der Waals surface area contributed by atoms with E-state index in [-0.39, 0.29) is 23.5 Å². The summed E-state index contributed by atoms with van der Waals surface area (Å²) in [4.78, 5) is 11.6. The summed E-state index contributed by atoms with van der Waals surface area (Å²) >= 11 is 16.7. The van der Waals surface area contributed by atoms with Gasteiger partial charge in [-0.3, -0.25) is 10.2 Å². The fourth-order valence-corrected chi connectivity index (χ4v) is 2.31. The SMILES string of the molecule is CC(=O)C1O[C@H](OC(=N)C(Cl)(Cl)Cl)C(C)[C@@H](C)[C@@H]1C. The smallest absolute Gasteiger partial charge is 0.265 e. The zero-order valence-electron chi connectivity index (χ0n) is 11.2. The first-order valence-corrected chi connectivity index (χ1v) is 7.17. The Hall–Kier alpha value is -0.0300. The lowest BCUT2D eigenvalue weighted by Gasteiger charge is -2.42. The average Bonchev–Trinajstić information content (AvgIpc) is 2.28. The van der Waals surface area contributed by atoms with Crippen molar-refractivity contribution in [1.82, 2.24) is 0 Å². The summed E-state index contributed by atoms with van der Waals surface area (Å²) in [6.45, 7) is 7.38. The molecule has 0 aromatic carbocycles. The van der Waals surface area contributed by atoms with Crippen molar-refractivity contribution in [3.05, 3.63) is 0 Å². The van der Waals surface area contributed by atoms with E-state index in [4.69, 9.17) is 49.7 Å². The van der Waals surface area contributed by atoms with Gasteiger partial charge in [-0.25, -0.2) is 0 Å². The number of hydrogen-bond acceptors (Lipinski definition) is 4. The van der Waals surface area contributed by atoms with Gasteiger partial charge in [0.05, 0.1) is 0 Å². The molecule has 0 spiro atoms. The minimum absolute atomic E-state index is 0.0155. The second-order valence-electron chi connectivity index (χ2n) is 5.06. The summed E-state index contributed by atoms with van der Waals surface area (Å²) in [6.07, 6.45) is -1.32. The van der Waals surface area contributed by atoms with Crippen molar-refractivity contribution in [2.24, 2.45) is 17.8 Å². The molecule has 1 fully saturated rings. The van der Waals surface area contributed by atoms with Crippen molar-refractivity contribution in [1.29, 1.82) is 5.41 Å². The number of nitrogens with one attached hydrogen (secondary N) is 1. The van der Waals surface area contributed by atoms with Crippen LogP contribution >= 0.6 is 34.8 Å². The van der Waals surface area contributed by atoms with Crippen molar-refractivity contribution < 1.29 is 14.3 Å². The monoisotopic (exact) mass is 329 g/mol. The van der Waals surface area contributed by atoms with E-state index >= 15 is 0 Å². The lowest BCUT2D eigenvalue weighted by molar-refractivity contribution is -0.215. The van der Waals surface area contributed by atoms with E-state index in [0.29, 0.717) is 0 Å². The van der Waals surface area contributed by atoms with Crippen LogP contribution in [-0.4, -0.2) is 27.9 Å². The molecule has 0 radical (unpaired) electrons. The quantitative estimate of drug-likeness (QED) is 0.478. The molecule has 1 heterocycles. The lowest BCUT2D eigenvalue weighted by atomic mass is 9.78. The highest BCUT2D eigenvalue weighted by Crippen LogP contribution is 2.37. The molecule has 1 aliphatic rings. The Bertz CT molecular complexity index is 370. The van der Waals surface area contributed by atoms with Crippen LogP contribution in [0.4, 0.5) is 0 Å². The first-order valence-electron chi connectivity index (χ1n) is 6.04. The molecule has 0 aromatic rings. The number of hydrogen-bond donors (Lipinski definition) is 1. The van der Waals surface area contributed by atoms with Crippen LogP contribution in [0.1, 0.15) is 27.7 Å². The minimum Gasteiger partial charge on any atom is -0.448 e. The summed E-state index contributed by atoms with van der Waals surface area (Å²) < 4.78 is 8.97. The Morgan fingerprint density at radius 3 is 2.11 bits per heavy atom. The van der Waals surface area contributed by atoms with Gasteiger partial charge in [0.25, 0.3) is 3.79 Å². The van der Waals surface area contributed by atoms with Crippen molar-refractivity contribution in [2.45, 2.75) is 43.9 Å². The second kappa shape index (κ2) is 6.17. The first kappa shape index (κ1) is 17.0. The van der Waals surface area contributed by atoms with Gasteiger partial charge in [0.15, 0.2) is 5.78 Å². The van der Waals surface area contributed by atoms with E-state index in [0.717, 1.165) is 0 Å². The molecule has 19 heavy (non-hydrogen) atoms. The van der Waals surface area contributed by atoms with E-state index in [1.807, 2.05) is 20.8 Å². The number of carbonyl (C=O) groups is 1. The Balaban J connectivity index is 2.83. The molecule has 1 saturated heterocycles. The summed E-state index contributed by atoms with van der Waals surface area (Å²) in [7, 11) is 0. The molecule has 7 heteroatoms. The Morgan fingerprint density at radius 1 is 1.16 bits per heavy atom. The van der Waals surface area contributed by atoms with Gasteiger partial charge in [-0.1, -0.05) is 55.6 Å². The van der Waals surface area contributed by atoms with Crippen molar-refractivity contribution in [3.63, 3.8) is 0 Å². The number of alkyl halides is 3. The average molecular weight is 331 g/mol. The van der Waals surface area contributed by atoms with Crippen LogP contribution in [0, 0.1) is 23.2 Å². The maximum Gasteiger partial charge on any atom is 0.265 e. The molecule has 0 aromatic heterocycles. The molecule has 1 aliphatic heterocycles. The highest BCUT2D eigenvalue weighted by atomic mass is 35.6. The molecule has 0 bridgehead atoms. The van der Waals surface area contributed by atoms with Crippen LogP contribution in [0.25, 0.3) is 0 Å². The van der Waals surface area contributed by atoms with E-state index in [1.54, 1.807) is 0 Å². The molecule has 2 unspecified atom stereocenters. The van der Waals surface area contributed by atoms with Gasteiger partial charge in [-0.15, -0.1) is 0 Å². The Labute approximate surface area is 128 Å². The summed E-state index contributed by atoms with van der Waals surface area (Å²) in [5.74, 6) is -0.318. The van der Waals surface area contributed by atoms with Gasteiger partial charge in [-0.2, -0.15) is 0 Å². The van der Waals surface area contributed by atoms with Crippen molar-refractivity contribution in [3.8, 4) is 0 Å². The maximum atomic E-state index is 11.6. The van der Waals surface area contributed by atoms with E-state index in [9.17, 15) is 4.79 Å². The highest BCUT2D eigenvalue weighted by Gasteiger charge is 2.44. The maximum absolute atomic E-state index is 11.6. The number of ether oxygens (including phenoxy) is 2. The topological polar surface area (TPSA) is 59.4 Å². The minimum atomic E-state index is -1.93. The third-order valence-corrected chi connectivity index (χ3v) is 4.25. The predicted molar refractivity (Wildman–Crippen MR) is 75.9 cm³/mol. The molecule has 0 amide bonds. The first-order chi connectivity index (χ1) is 8.55. The third-order valence-electron chi connectivity index (χ3n) is 3.74. The Kier molecular flexibility index (Phi) is 5.52. The summed E-state index contributed by atoms with van der Waals surface area (Å²) in [5.41, 5.74) is 0. The van der Waals surface area contributed by atoms with Gasteiger partial charge in [0.2, 0.25) is 12.2 Å². The van der Waals surface area contributed by atoms with Crippen LogP contribution in [0.2, 0.25) is 0 Å². The molecule has 5 atom stereocenters. The summed E-state index contributed by atoms with van der Waals surface area (Å²) in [6, 6.07) is 0. The normalized spacial score (nSPS) is 35.8. The summed E-state index contributed by atoms with van der Waals surface area (Å²) in [5, 5.41) is 7.57. The number of carbonyl (C=O) groups excluding carboxylic acids is 1. The molecular formula is C12H18Cl3NO3. The molecule has 110 valence electrons. The second-order valence-corrected chi connectivity index (χ2v) is 7.34. The molecular weight excluding hydrogens is 312 g/mol. The fourth-order valence-electron chi connectivity index (χ4n) is 2.18. The van der Waals surface area contributed by atoms with Crippen LogP contribution in [0.15, 0.2) is 0 Å². The number of Topliss-reactive ketones (excluding diaryl/α,β-unsaturated/α-hetero) is 1. The molecule has 0 aliphatic carbocycles.